The number of nitrogens with one attached hydrogen (secondary N) is 1. The largest absolute Gasteiger partial charge is 0.431 e. The first-order valence-corrected chi connectivity index (χ1v) is 3.14. The Morgan fingerprint density at radius 1 is 1.21 bits per heavy atom. The molecule has 0 rings (SSSR count). The smallest absolute Gasteiger partial charge is 0.316 e. The molecule has 2 N–H and O–H groups in total. The van der Waals surface area contributed by atoms with Crippen molar-refractivity contribution in [3.63, 3.8) is 0 Å². The quantitative estimate of drug-likeness (QED) is 0.424. The van der Waals surface area contributed by atoms with Gasteiger partial charge in [0.25, 0.3) is 0 Å². The third-order valence-corrected chi connectivity index (χ3v) is 1.26. The van der Waals surface area contributed by atoms with E-state index in [9.17, 15) is 26.3 Å². The third kappa shape index (κ3) is 3.14. The zero-order valence-electron chi connectivity index (χ0n) is 6.74. The van der Waals surface area contributed by atoms with E-state index in [0.29, 0.717) is 12.5 Å². The van der Waals surface area contributed by atoms with Crippen LogP contribution in [0.4, 0.5) is 26.3 Å². The van der Waals surface area contributed by atoms with Gasteiger partial charge in [-0.1, -0.05) is 0 Å². The average molecular weight is 224 g/mol. The highest BCUT2D eigenvalue weighted by atomic mass is 19.4. The zero-order chi connectivity index (χ0) is 11.6. The molecule has 0 amide bonds. The highest BCUT2D eigenvalue weighted by Crippen LogP contribution is 2.28. The molecule has 0 aromatic rings. The molecule has 0 aromatic carbocycles. The lowest BCUT2D eigenvalue weighted by molar-refractivity contribution is -0.166. The van der Waals surface area contributed by atoms with Crippen LogP contribution in [-0.4, -0.2) is 36.4 Å². The van der Waals surface area contributed by atoms with Crippen molar-refractivity contribution >= 4 is 5.71 Å². The van der Waals surface area contributed by atoms with Crippen molar-refractivity contribution in [3.8, 4) is 0 Å². The Morgan fingerprint density at radius 2 is 1.64 bits per heavy atom. The van der Waals surface area contributed by atoms with E-state index in [2.05, 4.69) is 4.99 Å². The van der Waals surface area contributed by atoms with E-state index < -0.39 is 24.1 Å². The Kier molecular flexibility index (Phi) is 3.89. The average Bonchev–Trinajstić information content (AvgIpc) is 1.94. The summed E-state index contributed by atoms with van der Waals surface area (Å²) < 4.78 is 71.4. The van der Waals surface area contributed by atoms with Gasteiger partial charge in [0.2, 0.25) is 0 Å². The molecule has 0 saturated heterocycles. The van der Waals surface area contributed by atoms with Crippen LogP contribution in [0.25, 0.3) is 0 Å². The van der Waals surface area contributed by atoms with Crippen molar-refractivity contribution in [3.05, 3.63) is 0 Å². The van der Waals surface area contributed by atoms with E-state index in [4.69, 9.17) is 5.21 Å². The van der Waals surface area contributed by atoms with Gasteiger partial charge in [0.05, 0.1) is 0 Å². The summed E-state index contributed by atoms with van der Waals surface area (Å²) in [5.41, 5.74) is -1.61. The molecule has 84 valence electrons. The van der Waals surface area contributed by atoms with E-state index in [-0.39, 0.29) is 0 Å². The predicted octanol–water partition coefficient (Wildman–Crippen LogP) is 1.53. The summed E-state index contributed by atoms with van der Waals surface area (Å²) in [7, 11) is 0.554. The lowest BCUT2D eigenvalue weighted by Crippen LogP contribution is -2.52. The van der Waals surface area contributed by atoms with E-state index >= 15 is 0 Å². The molecule has 0 fully saturated rings. The molecule has 0 aliphatic heterocycles. The number of hydroxylamine groups is 1. The fourth-order valence-corrected chi connectivity index (χ4v) is 0.709. The van der Waals surface area contributed by atoms with Gasteiger partial charge in [-0.15, -0.1) is 0 Å². The Bertz CT molecular complexity index is 219. The molecule has 0 aliphatic carbocycles. The molecule has 0 aromatic heterocycles. The topological polar surface area (TPSA) is 44.6 Å². The van der Waals surface area contributed by atoms with Gasteiger partial charge in [-0.3, -0.25) is 4.99 Å². The Morgan fingerprint density at radius 3 is 1.71 bits per heavy atom. The molecule has 14 heavy (non-hydrogen) atoms. The second-order valence-corrected chi connectivity index (χ2v) is 2.21. The number of rotatable bonds is 2. The lowest BCUT2D eigenvalue weighted by Gasteiger charge is -2.21. The van der Waals surface area contributed by atoms with Crippen LogP contribution < -0.4 is 5.48 Å². The minimum atomic E-state index is -5.26. The van der Waals surface area contributed by atoms with Crippen molar-refractivity contribution in [1.29, 1.82) is 0 Å². The monoisotopic (exact) mass is 224 g/mol. The minimum Gasteiger partial charge on any atom is -0.316 e. The molecule has 0 spiro atoms. The van der Waals surface area contributed by atoms with E-state index in [1.165, 1.54) is 0 Å². The number of hydrogen-bond donors (Lipinski definition) is 2. The van der Waals surface area contributed by atoms with Gasteiger partial charge in [-0.25, -0.2) is 0 Å². The first kappa shape index (κ1) is 13.2. The Hall–Kier alpha value is -0.830. The second kappa shape index (κ2) is 4.13. The van der Waals surface area contributed by atoms with E-state index in [1.54, 1.807) is 0 Å². The maximum absolute atomic E-state index is 11.9. The SMILES string of the molecule is CN=C(C(NO)C(F)(F)F)C(F)(F)F. The standard InChI is InChI=1S/C5H6F6N2O/c1-12-2(4(6,7)8)3(13-14)5(9,10)11/h3,13-14H,1H3. The highest BCUT2D eigenvalue weighted by molar-refractivity contribution is 5.94. The molecule has 0 bridgehead atoms. The number of nitrogens with zero attached hydrogens (tertiary/aromatic N) is 1. The molecule has 1 unspecified atom stereocenters. The van der Waals surface area contributed by atoms with Crippen LogP contribution >= 0.6 is 0 Å². The normalized spacial score (nSPS) is 17.0. The van der Waals surface area contributed by atoms with Crippen LogP contribution in [0.3, 0.4) is 0 Å². The molecule has 9 heteroatoms. The molecular weight excluding hydrogens is 218 g/mol. The molecule has 0 aliphatic rings. The van der Waals surface area contributed by atoms with Gasteiger partial charge in [-0.2, -0.15) is 31.8 Å². The van der Waals surface area contributed by atoms with Gasteiger partial charge in [0.1, 0.15) is 5.71 Å². The van der Waals surface area contributed by atoms with Gasteiger partial charge in [0.15, 0.2) is 6.04 Å². The summed E-state index contributed by atoms with van der Waals surface area (Å²) in [4.78, 5) is 2.45. The van der Waals surface area contributed by atoms with Crippen molar-refractivity contribution < 1.29 is 31.5 Å². The minimum absolute atomic E-state index is 0.524. The highest BCUT2D eigenvalue weighted by Gasteiger charge is 2.52. The van der Waals surface area contributed by atoms with Gasteiger partial charge in [-0.05, 0) is 0 Å². The molecule has 3 nitrogen and oxygen atoms in total. The van der Waals surface area contributed by atoms with Gasteiger partial charge >= 0.3 is 12.4 Å². The summed E-state index contributed by atoms with van der Waals surface area (Å²) in [6.07, 6.45) is -10.5. The van der Waals surface area contributed by atoms with E-state index in [1.807, 2.05) is 0 Å². The van der Waals surface area contributed by atoms with E-state index in [0.717, 1.165) is 0 Å². The summed E-state index contributed by atoms with van der Waals surface area (Å²) in [5.74, 6) is 0. The first-order valence-electron chi connectivity index (χ1n) is 3.14. The summed E-state index contributed by atoms with van der Waals surface area (Å²) in [6.45, 7) is 0. The van der Waals surface area contributed by atoms with Crippen LogP contribution in [0, 0.1) is 0 Å². The number of halogens is 6. The third-order valence-electron chi connectivity index (χ3n) is 1.26. The fraction of sp³-hybridized carbons (Fsp3) is 0.800. The molecule has 0 heterocycles. The van der Waals surface area contributed by atoms with Crippen molar-refractivity contribution in [2.75, 3.05) is 7.05 Å². The van der Waals surface area contributed by atoms with Crippen molar-refractivity contribution in [2.24, 2.45) is 4.99 Å². The van der Waals surface area contributed by atoms with Crippen LogP contribution in [0.5, 0.6) is 0 Å². The van der Waals surface area contributed by atoms with Crippen LogP contribution in [0.15, 0.2) is 4.99 Å². The van der Waals surface area contributed by atoms with Crippen LogP contribution in [0.1, 0.15) is 0 Å². The van der Waals surface area contributed by atoms with Crippen LogP contribution in [0.2, 0.25) is 0 Å². The fourth-order valence-electron chi connectivity index (χ4n) is 0.709. The second-order valence-electron chi connectivity index (χ2n) is 2.21. The summed E-state index contributed by atoms with van der Waals surface area (Å²) in [6, 6.07) is -3.23. The Balaban J connectivity index is 5.03. The molecule has 0 saturated carbocycles. The zero-order valence-corrected chi connectivity index (χ0v) is 6.74. The lowest BCUT2D eigenvalue weighted by atomic mass is 10.1. The molecular formula is C5H6F6N2O. The number of aliphatic imine (C=N–C) groups is 1. The maximum Gasteiger partial charge on any atom is 0.431 e. The van der Waals surface area contributed by atoms with Gasteiger partial charge in [0, 0.05) is 7.05 Å². The predicted molar refractivity (Wildman–Crippen MR) is 34.2 cm³/mol. The molecule has 0 radical (unpaired) electrons. The Labute approximate surface area is 74.4 Å². The van der Waals surface area contributed by atoms with Crippen LogP contribution in [-0.2, 0) is 0 Å². The maximum atomic E-state index is 11.9. The van der Waals surface area contributed by atoms with Crippen molar-refractivity contribution in [1.82, 2.24) is 5.48 Å². The number of hydrogen-bond acceptors (Lipinski definition) is 3. The first-order chi connectivity index (χ1) is 6.14. The molecule has 1 atom stereocenters. The van der Waals surface area contributed by atoms with Gasteiger partial charge < -0.3 is 5.21 Å². The summed E-state index contributed by atoms with van der Waals surface area (Å²) in [5, 5.41) is 7.98. The summed E-state index contributed by atoms with van der Waals surface area (Å²) >= 11 is 0. The van der Waals surface area contributed by atoms with Crippen molar-refractivity contribution in [2.45, 2.75) is 18.4 Å². The number of alkyl halides is 6.